The average molecular weight is 288 g/mol. The maximum atomic E-state index is 12.2. The molecular weight excluding hydrogens is 264 g/mol. The molecule has 0 radical (unpaired) electrons. The molecule has 21 heavy (non-hydrogen) atoms. The second-order valence-corrected chi connectivity index (χ2v) is 6.45. The third-order valence-electron chi connectivity index (χ3n) is 5.10. The van der Waals surface area contributed by atoms with Gasteiger partial charge in [-0.2, -0.15) is 0 Å². The summed E-state index contributed by atoms with van der Waals surface area (Å²) in [5, 5.41) is 3.00. The Bertz CT molecular complexity index is 527. The van der Waals surface area contributed by atoms with Gasteiger partial charge in [0.05, 0.1) is 0 Å². The molecule has 5 heteroatoms. The molecule has 114 valence electrons. The van der Waals surface area contributed by atoms with Gasteiger partial charge in [-0.05, 0) is 31.4 Å². The van der Waals surface area contributed by atoms with Crippen LogP contribution >= 0.6 is 0 Å². The third-order valence-corrected chi connectivity index (χ3v) is 5.10. The van der Waals surface area contributed by atoms with Gasteiger partial charge in [-0.1, -0.05) is 12.5 Å². The number of carbonyl (C=O) groups excluding carboxylic acids is 1. The van der Waals surface area contributed by atoms with Crippen LogP contribution in [0.4, 0.5) is 4.79 Å². The number of pyridine rings is 1. The smallest absolute Gasteiger partial charge is 0.317 e. The third kappa shape index (κ3) is 2.75. The molecule has 2 amide bonds. The second-order valence-electron chi connectivity index (χ2n) is 6.45. The predicted octanol–water partition coefficient (Wildman–Crippen LogP) is 1.46. The Morgan fingerprint density at radius 1 is 1.57 bits per heavy atom. The molecule has 2 aliphatic rings. The van der Waals surface area contributed by atoms with Crippen molar-refractivity contribution in [3.63, 3.8) is 0 Å². The van der Waals surface area contributed by atoms with E-state index in [9.17, 15) is 4.79 Å². The van der Waals surface area contributed by atoms with E-state index in [1.165, 1.54) is 24.8 Å². The number of aryl methyl sites for hydroxylation is 1. The molecule has 1 aliphatic heterocycles. The highest BCUT2D eigenvalue weighted by molar-refractivity contribution is 5.74. The summed E-state index contributed by atoms with van der Waals surface area (Å²) in [5.74, 6) is 0. The number of likely N-dealkylation sites (tertiary alicyclic amines) is 1. The lowest BCUT2D eigenvalue weighted by molar-refractivity contribution is 0.125. The summed E-state index contributed by atoms with van der Waals surface area (Å²) in [4.78, 5) is 18.5. The lowest BCUT2D eigenvalue weighted by Crippen LogP contribution is -2.45. The number of aromatic nitrogens is 1. The lowest BCUT2D eigenvalue weighted by Gasteiger charge is -2.41. The number of nitrogens with two attached hydrogens (primary N) is 1. The van der Waals surface area contributed by atoms with Crippen LogP contribution in [0.3, 0.4) is 0 Å². The van der Waals surface area contributed by atoms with Crippen molar-refractivity contribution in [2.45, 2.75) is 38.6 Å². The summed E-state index contributed by atoms with van der Waals surface area (Å²) in [6.07, 6.45) is 6.16. The van der Waals surface area contributed by atoms with Crippen LogP contribution in [0.5, 0.6) is 0 Å². The van der Waals surface area contributed by atoms with Crippen molar-refractivity contribution in [2.24, 2.45) is 11.1 Å². The molecular formula is C16H24N4O. The van der Waals surface area contributed by atoms with Crippen molar-refractivity contribution in [3.8, 4) is 0 Å². The Labute approximate surface area is 125 Å². The zero-order valence-electron chi connectivity index (χ0n) is 12.6. The zero-order valence-corrected chi connectivity index (χ0v) is 12.6. The van der Waals surface area contributed by atoms with Gasteiger partial charge in [0.2, 0.25) is 0 Å². The van der Waals surface area contributed by atoms with E-state index in [-0.39, 0.29) is 17.5 Å². The number of carbonyl (C=O) groups is 1. The fraction of sp³-hybridized carbons (Fsp3) is 0.625. The summed E-state index contributed by atoms with van der Waals surface area (Å²) in [6, 6.07) is 4.14. The van der Waals surface area contributed by atoms with Crippen molar-refractivity contribution < 1.29 is 4.79 Å². The Hall–Kier alpha value is -1.62. The molecule has 1 aromatic heterocycles. The van der Waals surface area contributed by atoms with Gasteiger partial charge in [0.1, 0.15) is 0 Å². The zero-order chi connectivity index (χ0) is 14.9. The van der Waals surface area contributed by atoms with E-state index in [2.05, 4.69) is 10.3 Å². The summed E-state index contributed by atoms with van der Waals surface area (Å²) < 4.78 is 0. The van der Waals surface area contributed by atoms with Crippen LogP contribution in [0.2, 0.25) is 0 Å². The standard InChI is InChI=1S/C16H24N4O/c1-12-4-2-8-18-13(12)5-9-19-15(21)20-10-14(17)16(11-20)6-3-7-16/h2,4,8,14H,3,5-7,9-11,17H2,1H3,(H,19,21). The largest absolute Gasteiger partial charge is 0.338 e. The number of nitrogens with one attached hydrogen (secondary N) is 1. The maximum Gasteiger partial charge on any atom is 0.317 e. The second kappa shape index (κ2) is 5.64. The SMILES string of the molecule is Cc1cccnc1CCNC(=O)N1CC(N)C2(CCC2)C1. The number of hydrogen-bond acceptors (Lipinski definition) is 3. The van der Waals surface area contributed by atoms with Crippen LogP contribution in [-0.4, -0.2) is 41.6 Å². The molecule has 1 atom stereocenters. The minimum atomic E-state index is 0.0165. The van der Waals surface area contributed by atoms with E-state index in [4.69, 9.17) is 5.73 Å². The van der Waals surface area contributed by atoms with Crippen LogP contribution in [0.25, 0.3) is 0 Å². The molecule has 1 aromatic rings. The highest BCUT2D eigenvalue weighted by Crippen LogP contribution is 2.47. The molecule has 1 unspecified atom stereocenters. The highest BCUT2D eigenvalue weighted by Gasteiger charge is 2.49. The summed E-state index contributed by atoms with van der Waals surface area (Å²) >= 11 is 0. The predicted molar refractivity (Wildman–Crippen MR) is 81.9 cm³/mol. The van der Waals surface area contributed by atoms with E-state index >= 15 is 0 Å². The first-order chi connectivity index (χ1) is 10.1. The van der Waals surface area contributed by atoms with E-state index < -0.39 is 0 Å². The molecule has 2 fully saturated rings. The van der Waals surface area contributed by atoms with Crippen LogP contribution in [0.1, 0.15) is 30.5 Å². The molecule has 3 rings (SSSR count). The van der Waals surface area contributed by atoms with E-state index in [0.717, 1.165) is 18.7 Å². The molecule has 2 heterocycles. The summed E-state index contributed by atoms with van der Waals surface area (Å²) in [7, 11) is 0. The van der Waals surface area contributed by atoms with Gasteiger partial charge in [-0.25, -0.2) is 4.79 Å². The van der Waals surface area contributed by atoms with Gasteiger partial charge in [-0.3, -0.25) is 4.98 Å². The number of rotatable bonds is 3. The van der Waals surface area contributed by atoms with Crippen molar-refractivity contribution in [1.29, 1.82) is 0 Å². The molecule has 1 aliphatic carbocycles. The van der Waals surface area contributed by atoms with Gasteiger partial charge in [0, 0.05) is 49.4 Å². The quantitative estimate of drug-likeness (QED) is 0.884. The van der Waals surface area contributed by atoms with Crippen molar-refractivity contribution in [2.75, 3.05) is 19.6 Å². The summed E-state index contributed by atoms with van der Waals surface area (Å²) in [5.41, 5.74) is 8.65. The fourth-order valence-electron chi connectivity index (χ4n) is 3.49. The van der Waals surface area contributed by atoms with Gasteiger partial charge in [-0.15, -0.1) is 0 Å². The normalized spacial score (nSPS) is 23.1. The first kappa shape index (κ1) is 14.3. The van der Waals surface area contributed by atoms with Crippen LogP contribution in [0, 0.1) is 12.3 Å². The average Bonchev–Trinajstić information content (AvgIpc) is 2.79. The Kier molecular flexibility index (Phi) is 3.85. The lowest BCUT2D eigenvalue weighted by atomic mass is 9.66. The van der Waals surface area contributed by atoms with Crippen molar-refractivity contribution in [3.05, 3.63) is 29.6 Å². The number of hydrogen-bond donors (Lipinski definition) is 2. The van der Waals surface area contributed by atoms with Gasteiger partial charge < -0.3 is 16.0 Å². The van der Waals surface area contributed by atoms with E-state index in [0.29, 0.717) is 13.1 Å². The number of nitrogens with zero attached hydrogens (tertiary/aromatic N) is 2. The van der Waals surface area contributed by atoms with Crippen LogP contribution in [-0.2, 0) is 6.42 Å². The first-order valence-corrected chi connectivity index (χ1v) is 7.80. The maximum absolute atomic E-state index is 12.2. The minimum absolute atomic E-state index is 0.0165. The highest BCUT2D eigenvalue weighted by atomic mass is 16.2. The van der Waals surface area contributed by atoms with E-state index in [1.54, 1.807) is 6.20 Å². The van der Waals surface area contributed by atoms with E-state index in [1.807, 2.05) is 24.0 Å². The van der Waals surface area contributed by atoms with Gasteiger partial charge in [0.15, 0.2) is 0 Å². The molecule has 1 saturated heterocycles. The number of amides is 2. The first-order valence-electron chi connectivity index (χ1n) is 7.80. The monoisotopic (exact) mass is 288 g/mol. The van der Waals surface area contributed by atoms with Crippen LogP contribution < -0.4 is 11.1 Å². The molecule has 1 spiro atoms. The summed E-state index contributed by atoms with van der Waals surface area (Å²) in [6.45, 7) is 4.18. The molecule has 3 N–H and O–H groups in total. The Morgan fingerprint density at radius 3 is 3.00 bits per heavy atom. The molecule has 1 saturated carbocycles. The number of urea groups is 1. The molecule has 5 nitrogen and oxygen atoms in total. The van der Waals surface area contributed by atoms with Crippen molar-refractivity contribution in [1.82, 2.24) is 15.2 Å². The Balaban J connectivity index is 1.48. The topological polar surface area (TPSA) is 71.2 Å². The molecule has 0 aromatic carbocycles. The van der Waals surface area contributed by atoms with Crippen LogP contribution in [0.15, 0.2) is 18.3 Å². The molecule has 0 bridgehead atoms. The van der Waals surface area contributed by atoms with Crippen molar-refractivity contribution >= 4 is 6.03 Å². The Morgan fingerprint density at radius 2 is 2.38 bits per heavy atom. The fourth-order valence-corrected chi connectivity index (χ4v) is 3.49. The minimum Gasteiger partial charge on any atom is -0.338 e. The van der Waals surface area contributed by atoms with Gasteiger partial charge >= 0.3 is 6.03 Å². The van der Waals surface area contributed by atoms with Gasteiger partial charge in [0.25, 0.3) is 0 Å².